The van der Waals surface area contributed by atoms with Crippen molar-refractivity contribution in [2.75, 3.05) is 6.54 Å². The van der Waals surface area contributed by atoms with Gasteiger partial charge in [-0.1, -0.05) is 81.4 Å². The number of hydrogen-bond donors (Lipinski definition) is 1. The fourth-order valence-electron chi connectivity index (χ4n) is 6.47. The standard InChI is InChI=1S/C26H31NO5Si/c1-26(2,3)33(18-10-6-4-7-11-18,19-12-8-5-9-13-19)32-21-15-17-14-20(21)23-24(17)31-25(30)27(23)16-22(28)29/h4-13,17,20-21,23-24H,14-16H2,1-3H3,(H,28,29)/t17-,20+,21-,23-,24+/m0/s1. The molecule has 5 rings (SSSR count). The molecule has 1 heterocycles. The Labute approximate surface area is 195 Å². The van der Waals surface area contributed by atoms with E-state index < -0.39 is 20.4 Å². The fourth-order valence-corrected chi connectivity index (χ4v) is 11.2. The van der Waals surface area contributed by atoms with Crippen LogP contribution in [0.5, 0.6) is 0 Å². The zero-order valence-corrected chi connectivity index (χ0v) is 20.3. The summed E-state index contributed by atoms with van der Waals surface area (Å²) in [7, 11) is -2.73. The van der Waals surface area contributed by atoms with Crippen molar-refractivity contribution in [3.63, 3.8) is 0 Å². The van der Waals surface area contributed by atoms with Gasteiger partial charge in [0.15, 0.2) is 0 Å². The first-order valence-electron chi connectivity index (χ1n) is 11.7. The normalized spacial score (nSPS) is 28.6. The molecule has 2 aromatic rings. The van der Waals surface area contributed by atoms with E-state index in [0.717, 1.165) is 12.8 Å². The van der Waals surface area contributed by atoms with Crippen molar-refractivity contribution >= 4 is 30.8 Å². The van der Waals surface area contributed by atoms with Gasteiger partial charge in [0, 0.05) is 11.8 Å². The highest BCUT2D eigenvalue weighted by atomic mass is 28.4. The van der Waals surface area contributed by atoms with E-state index in [0.29, 0.717) is 0 Å². The topological polar surface area (TPSA) is 76.1 Å². The van der Waals surface area contributed by atoms with Crippen LogP contribution < -0.4 is 10.4 Å². The largest absolute Gasteiger partial charge is 0.480 e. The van der Waals surface area contributed by atoms with E-state index in [9.17, 15) is 14.7 Å². The first-order chi connectivity index (χ1) is 15.7. The maximum Gasteiger partial charge on any atom is 0.411 e. The van der Waals surface area contributed by atoms with Gasteiger partial charge in [0.25, 0.3) is 8.32 Å². The van der Waals surface area contributed by atoms with Crippen LogP contribution in [-0.2, 0) is 14.0 Å². The summed E-state index contributed by atoms with van der Waals surface area (Å²) >= 11 is 0. The highest BCUT2D eigenvalue weighted by molar-refractivity contribution is 6.99. The maximum absolute atomic E-state index is 12.4. The zero-order valence-electron chi connectivity index (χ0n) is 19.3. The van der Waals surface area contributed by atoms with Gasteiger partial charge in [0.05, 0.1) is 12.1 Å². The predicted molar refractivity (Wildman–Crippen MR) is 127 cm³/mol. The summed E-state index contributed by atoms with van der Waals surface area (Å²) in [6.07, 6.45) is 0.967. The Hall–Kier alpha value is -2.64. The van der Waals surface area contributed by atoms with Crippen LogP contribution >= 0.6 is 0 Å². The molecule has 2 aliphatic carbocycles. The summed E-state index contributed by atoms with van der Waals surface area (Å²) in [5, 5.41) is 11.7. The summed E-state index contributed by atoms with van der Waals surface area (Å²) in [6.45, 7) is 6.45. The fraction of sp³-hybridized carbons (Fsp3) is 0.462. The minimum Gasteiger partial charge on any atom is -0.480 e. The second-order valence-corrected chi connectivity index (χ2v) is 14.8. The monoisotopic (exact) mass is 465 g/mol. The summed E-state index contributed by atoms with van der Waals surface area (Å²) in [6, 6.07) is 20.9. The van der Waals surface area contributed by atoms with E-state index in [4.69, 9.17) is 9.16 Å². The number of carbonyl (C=O) groups is 2. The highest BCUT2D eigenvalue weighted by Gasteiger charge is 2.64. The van der Waals surface area contributed by atoms with Gasteiger partial charge in [-0.15, -0.1) is 0 Å². The second-order valence-electron chi connectivity index (χ2n) is 10.6. The van der Waals surface area contributed by atoms with Crippen LogP contribution in [0.25, 0.3) is 0 Å². The zero-order chi connectivity index (χ0) is 23.4. The molecule has 3 aliphatic rings. The molecule has 0 unspecified atom stereocenters. The Morgan fingerprint density at radius 1 is 1.06 bits per heavy atom. The molecule has 3 fully saturated rings. The lowest BCUT2D eigenvalue weighted by molar-refractivity contribution is -0.138. The molecule has 1 aliphatic heterocycles. The number of carboxylic acids is 1. The van der Waals surface area contributed by atoms with Gasteiger partial charge in [-0.25, -0.2) is 4.79 Å². The molecule has 2 saturated carbocycles. The Balaban J connectivity index is 1.55. The number of fused-ring (bicyclic) bond motifs is 5. The molecular formula is C26H31NO5Si. The van der Waals surface area contributed by atoms with Crippen LogP contribution in [-0.4, -0.2) is 55.2 Å². The summed E-state index contributed by atoms with van der Waals surface area (Å²) in [4.78, 5) is 25.3. The molecule has 33 heavy (non-hydrogen) atoms. The number of benzene rings is 2. The minimum absolute atomic E-state index is 0.0478. The molecule has 2 bridgehead atoms. The molecule has 6 nitrogen and oxygen atoms in total. The Bertz CT molecular complexity index is 998. The molecule has 0 radical (unpaired) electrons. The van der Waals surface area contributed by atoms with Gasteiger partial charge in [0.1, 0.15) is 12.6 Å². The molecule has 0 spiro atoms. The SMILES string of the molecule is CC(C)(C)[Si](O[C@H]1C[C@@H]2C[C@H]1[C@H]1[C@@H]2OC(=O)N1CC(=O)O)(c1ccccc1)c1ccccc1. The third kappa shape index (κ3) is 3.49. The number of carboxylic acid groups (broad SMARTS) is 1. The van der Waals surface area contributed by atoms with Crippen molar-refractivity contribution in [3.8, 4) is 0 Å². The van der Waals surface area contributed by atoms with Crippen LogP contribution in [0.4, 0.5) is 4.79 Å². The van der Waals surface area contributed by atoms with Crippen molar-refractivity contribution in [2.24, 2.45) is 11.8 Å². The van der Waals surface area contributed by atoms with Gasteiger partial charge in [-0.05, 0) is 28.3 Å². The first kappa shape index (κ1) is 22.2. The second kappa shape index (κ2) is 7.99. The number of carbonyl (C=O) groups excluding carboxylic acids is 1. The van der Waals surface area contributed by atoms with Crippen molar-refractivity contribution in [3.05, 3.63) is 60.7 Å². The van der Waals surface area contributed by atoms with E-state index in [1.165, 1.54) is 15.3 Å². The Morgan fingerprint density at radius 3 is 2.15 bits per heavy atom. The number of hydrogen-bond acceptors (Lipinski definition) is 4. The predicted octanol–water partition coefficient (Wildman–Crippen LogP) is 3.25. The highest BCUT2D eigenvalue weighted by Crippen LogP contribution is 2.53. The van der Waals surface area contributed by atoms with Gasteiger partial charge >= 0.3 is 12.1 Å². The van der Waals surface area contributed by atoms with Gasteiger partial charge in [-0.2, -0.15) is 0 Å². The molecule has 1 amide bonds. The molecule has 174 valence electrons. The Kier molecular flexibility index (Phi) is 5.37. The lowest BCUT2D eigenvalue weighted by atomic mass is 9.90. The number of nitrogens with zero attached hydrogens (tertiary/aromatic N) is 1. The van der Waals surface area contributed by atoms with Crippen molar-refractivity contribution < 1.29 is 23.9 Å². The number of ether oxygens (including phenoxy) is 1. The van der Waals surface area contributed by atoms with Crippen LogP contribution in [0.15, 0.2) is 60.7 Å². The third-order valence-electron chi connectivity index (χ3n) is 7.71. The number of aliphatic carboxylic acids is 1. The van der Waals surface area contributed by atoms with Crippen molar-refractivity contribution in [1.29, 1.82) is 0 Å². The van der Waals surface area contributed by atoms with Gasteiger partial charge < -0.3 is 14.3 Å². The molecule has 7 heteroatoms. The van der Waals surface area contributed by atoms with E-state index >= 15 is 0 Å². The summed E-state index contributed by atoms with van der Waals surface area (Å²) in [5.41, 5.74) is 0. The van der Waals surface area contributed by atoms with Crippen LogP contribution in [0.2, 0.25) is 5.04 Å². The van der Waals surface area contributed by atoms with Gasteiger partial charge in [-0.3, -0.25) is 9.69 Å². The minimum atomic E-state index is -2.73. The lowest BCUT2D eigenvalue weighted by Crippen LogP contribution is -2.68. The van der Waals surface area contributed by atoms with Crippen LogP contribution in [0.1, 0.15) is 33.6 Å². The van der Waals surface area contributed by atoms with E-state index in [1.807, 2.05) is 12.1 Å². The average molecular weight is 466 g/mol. The number of amides is 1. The van der Waals surface area contributed by atoms with Gasteiger partial charge in [0.2, 0.25) is 0 Å². The molecule has 2 aromatic carbocycles. The summed E-state index contributed by atoms with van der Waals surface area (Å²) in [5.74, 6) is -0.724. The van der Waals surface area contributed by atoms with E-state index in [1.54, 1.807) is 0 Å². The van der Waals surface area contributed by atoms with Crippen LogP contribution in [0, 0.1) is 11.8 Å². The summed E-state index contributed by atoms with van der Waals surface area (Å²) < 4.78 is 13.0. The molecule has 1 N–H and O–H groups in total. The first-order valence-corrected chi connectivity index (χ1v) is 13.6. The molecule has 1 saturated heterocycles. The van der Waals surface area contributed by atoms with Crippen molar-refractivity contribution in [1.82, 2.24) is 4.90 Å². The van der Waals surface area contributed by atoms with Crippen LogP contribution in [0.3, 0.4) is 0 Å². The molecule has 5 atom stereocenters. The van der Waals surface area contributed by atoms with E-state index in [2.05, 4.69) is 69.3 Å². The molecule has 0 aromatic heterocycles. The lowest BCUT2D eigenvalue weighted by Gasteiger charge is -2.47. The smallest absolute Gasteiger partial charge is 0.411 e. The third-order valence-corrected chi connectivity index (χ3v) is 12.8. The Morgan fingerprint density at radius 2 is 1.64 bits per heavy atom. The average Bonchev–Trinajstić information content (AvgIpc) is 3.43. The van der Waals surface area contributed by atoms with E-state index in [-0.39, 0.29) is 41.7 Å². The quantitative estimate of drug-likeness (QED) is 0.663. The maximum atomic E-state index is 12.4. The van der Waals surface area contributed by atoms with Crippen molar-refractivity contribution in [2.45, 2.75) is 56.9 Å². The molecular weight excluding hydrogens is 434 g/mol. The number of rotatable bonds is 6.